The van der Waals surface area contributed by atoms with E-state index >= 15 is 0 Å². The number of ether oxygens (including phenoxy) is 3. The van der Waals surface area contributed by atoms with Crippen LogP contribution in [0.4, 0.5) is 4.79 Å². The number of rotatable bonds is 8. The van der Waals surface area contributed by atoms with Gasteiger partial charge in [0.05, 0.1) is 27.4 Å². The van der Waals surface area contributed by atoms with Crippen molar-refractivity contribution >= 4 is 6.03 Å². The first-order valence-corrected chi connectivity index (χ1v) is 10.5. The van der Waals surface area contributed by atoms with Crippen LogP contribution in [0, 0.1) is 0 Å². The van der Waals surface area contributed by atoms with Gasteiger partial charge in [-0.15, -0.1) is 0 Å². The van der Waals surface area contributed by atoms with Crippen molar-refractivity contribution in [3.05, 3.63) is 52.6 Å². The molecule has 2 amide bonds. The fourth-order valence-electron chi connectivity index (χ4n) is 4.02. The van der Waals surface area contributed by atoms with E-state index in [1.54, 1.807) is 21.3 Å². The zero-order valence-electron chi connectivity index (χ0n) is 18.3. The van der Waals surface area contributed by atoms with Crippen LogP contribution in [-0.4, -0.2) is 33.9 Å². The summed E-state index contributed by atoms with van der Waals surface area (Å²) in [6, 6.07) is 10.1. The molecule has 0 spiro atoms. The van der Waals surface area contributed by atoms with E-state index in [1.165, 1.54) is 24.0 Å². The van der Waals surface area contributed by atoms with Crippen LogP contribution >= 0.6 is 0 Å². The second-order valence-electron chi connectivity index (χ2n) is 7.60. The lowest BCUT2D eigenvalue weighted by Gasteiger charge is -2.20. The third-order valence-electron chi connectivity index (χ3n) is 5.69. The van der Waals surface area contributed by atoms with E-state index in [0.29, 0.717) is 30.2 Å². The number of aryl methyl sites for hydroxylation is 2. The highest BCUT2D eigenvalue weighted by molar-refractivity contribution is 5.74. The molecule has 0 aliphatic heterocycles. The van der Waals surface area contributed by atoms with Crippen molar-refractivity contribution in [1.82, 2.24) is 10.6 Å². The van der Waals surface area contributed by atoms with Gasteiger partial charge in [-0.2, -0.15) is 0 Å². The number of benzene rings is 2. The highest BCUT2D eigenvalue weighted by Gasteiger charge is 2.17. The number of amides is 2. The number of carbonyl (C=O) groups excluding carboxylic acids is 1. The monoisotopic (exact) mass is 412 g/mol. The predicted molar refractivity (Wildman–Crippen MR) is 118 cm³/mol. The molecule has 0 aromatic heterocycles. The van der Waals surface area contributed by atoms with E-state index in [4.69, 9.17) is 14.2 Å². The maximum absolute atomic E-state index is 12.4. The van der Waals surface area contributed by atoms with E-state index in [2.05, 4.69) is 28.8 Å². The molecule has 6 heteroatoms. The van der Waals surface area contributed by atoms with E-state index in [1.807, 2.05) is 19.1 Å². The normalized spacial score (nSPS) is 13.7. The molecule has 2 aromatic carbocycles. The van der Waals surface area contributed by atoms with Gasteiger partial charge in [-0.1, -0.05) is 24.3 Å². The molecule has 162 valence electrons. The first kappa shape index (κ1) is 21.8. The van der Waals surface area contributed by atoms with Gasteiger partial charge in [0.25, 0.3) is 0 Å². The van der Waals surface area contributed by atoms with E-state index in [9.17, 15) is 4.79 Å². The number of urea groups is 1. The molecule has 0 heterocycles. The highest BCUT2D eigenvalue weighted by atomic mass is 16.5. The second kappa shape index (κ2) is 10.2. The lowest BCUT2D eigenvalue weighted by Crippen LogP contribution is -2.38. The summed E-state index contributed by atoms with van der Waals surface area (Å²) in [6.07, 6.45) is 5.43. The number of methoxy groups -OCH3 is 3. The number of hydrogen-bond acceptors (Lipinski definition) is 4. The molecule has 2 aromatic rings. The zero-order chi connectivity index (χ0) is 21.5. The lowest BCUT2D eigenvalue weighted by molar-refractivity contribution is 0.238. The molecular weight excluding hydrogens is 380 g/mol. The Hall–Kier alpha value is -2.89. The van der Waals surface area contributed by atoms with Gasteiger partial charge < -0.3 is 24.8 Å². The molecule has 0 saturated carbocycles. The molecule has 1 aliphatic carbocycles. The van der Waals surface area contributed by atoms with E-state index < -0.39 is 0 Å². The molecule has 2 N–H and O–H groups in total. The third kappa shape index (κ3) is 4.99. The van der Waals surface area contributed by atoms with Crippen LogP contribution in [0.25, 0.3) is 0 Å². The van der Waals surface area contributed by atoms with Crippen LogP contribution in [0.2, 0.25) is 0 Å². The molecule has 6 nitrogen and oxygen atoms in total. The molecule has 1 aliphatic rings. The molecule has 30 heavy (non-hydrogen) atoms. The van der Waals surface area contributed by atoms with Crippen LogP contribution in [0.5, 0.6) is 17.2 Å². The summed E-state index contributed by atoms with van der Waals surface area (Å²) in [5.74, 6) is 1.80. The number of hydrogen-bond donors (Lipinski definition) is 2. The molecule has 0 bridgehead atoms. The van der Waals surface area contributed by atoms with Crippen LogP contribution in [0.1, 0.15) is 48.1 Å². The van der Waals surface area contributed by atoms with Gasteiger partial charge in [0.2, 0.25) is 5.75 Å². The molecule has 0 radical (unpaired) electrons. The Kier molecular flexibility index (Phi) is 7.44. The van der Waals surface area contributed by atoms with Crippen molar-refractivity contribution in [3.63, 3.8) is 0 Å². The Morgan fingerprint density at radius 3 is 2.40 bits per heavy atom. The van der Waals surface area contributed by atoms with Crippen LogP contribution < -0.4 is 24.8 Å². The Bertz CT molecular complexity index is 882. The Morgan fingerprint density at radius 2 is 1.70 bits per heavy atom. The molecule has 0 saturated heterocycles. The molecular formula is C24H32N2O4. The summed E-state index contributed by atoms with van der Waals surface area (Å²) in [7, 11) is 4.77. The van der Waals surface area contributed by atoms with Gasteiger partial charge in [0.15, 0.2) is 11.5 Å². The maximum Gasteiger partial charge on any atom is 0.315 e. The number of nitrogens with one attached hydrogen (secondary N) is 2. The zero-order valence-corrected chi connectivity index (χ0v) is 18.3. The van der Waals surface area contributed by atoms with Crippen LogP contribution in [-0.2, 0) is 19.3 Å². The quantitative estimate of drug-likeness (QED) is 0.682. The molecule has 0 fully saturated rings. The van der Waals surface area contributed by atoms with Crippen molar-refractivity contribution in [2.24, 2.45) is 0 Å². The SMILES string of the molecule is COc1ccc(CCNC(=O)NC(C)c2ccc3c(c2)CCCC3)c(OC)c1OC. The van der Waals surface area contributed by atoms with Gasteiger partial charge in [0.1, 0.15) is 0 Å². The van der Waals surface area contributed by atoms with Gasteiger partial charge in [-0.05, 0) is 61.8 Å². The summed E-state index contributed by atoms with van der Waals surface area (Å²) in [5, 5.41) is 5.97. The summed E-state index contributed by atoms with van der Waals surface area (Å²) < 4.78 is 16.2. The van der Waals surface area contributed by atoms with Crippen molar-refractivity contribution in [2.75, 3.05) is 27.9 Å². The summed E-state index contributed by atoms with van der Waals surface area (Å²) >= 11 is 0. The van der Waals surface area contributed by atoms with E-state index in [-0.39, 0.29) is 12.1 Å². The molecule has 1 unspecified atom stereocenters. The maximum atomic E-state index is 12.4. The fraction of sp³-hybridized carbons (Fsp3) is 0.458. The average Bonchev–Trinajstić information content (AvgIpc) is 2.78. The first-order chi connectivity index (χ1) is 14.6. The first-order valence-electron chi connectivity index (χ1n) is 10.5. The third-order valence-corrected chi connectivity index (χ3v) is 5.69. The fourth-order valence-corrected chi connectivity index (χ4v) is 4.02. The van der Waals surface area contributed by atoms with Crippen LogP contribution in [0.15, 0.2) is 30.3 Å². The minimum absolute atomic E-state index is 0.0483. The predicted octanol–water partition coefficient (Wildman–Crippen LogP) is 4.19. The smallest absolute Gasteiger partial charge is 0.315 e. The molecule has 3 rings (SSSR count). The lowest BCUT2D eigenvalue weighted by atomic mass is 9.89. The minimum Gasteiger partial charge on any atom is -0.493 e. The Labute approximate surface area is 178 Å². The van der Waals surface area contributed by atoms with Crippen molar-refractivity contribution in [3.8, 4) is 17.2 Å². The van der Waals surface area contributed by atoms with Crippen molar-refractivity contribution in [1.29, 1.82) is 0 Å². The van der Waals surface area contributed by atoms with Crippen molar-refractivity contribution < 1.29 is 19.0 Å². The van der Waals surface area contributed by atoms with Gasteiger partial charge in [-0.25, -0.2) is 4.79 Å². The van der Waals surface area contributed by atoms with Crippen molar-refractivity contribution in [2.45, 2.75) is 45.1 Å². The number of carbonyl (C=O) groups is 1. The van der Waals surface area contributed by atoms with Gasteiger partial charge >= 0.3 is 6.03 Å². The standard InChI is InChI=1S/C24H32N2O4/c1-16(19-10-9-17-7-5-6-8-20(17)15-19)26-24(27)25-14-13-18-11-12-21(28-2)23(30-4)22(18)29-3/h9-12,15-16H,5-8,13-14H2,1-4H3,(H2,25,26,27). The largest absolute Gasteiger partial charge is 0.493 e. The minimum atomic E-state index is -0.181. The molecule has 1 atom stereocenters. The summed E-state index contributed by atoms with van der Waals surface area (Å²) in [4.78, 5) is 12.4. The van der Waals surface area contributed by atoms with Gasteiger partial charge in [-0.3, -0.25) is 0 Å². The van der Waals surface area contributed by atoms with E-state index in [0.717, 1.165) is 24.0 Å². The second-order valence-corrected chi connectivity index (χ2v) is 7.60. The summed E-state index contributed by atoms with van der Waals surface area (Å²) in [5.41, 5.74) is 4.96. The number of fused-ring (bicyclic) bond motifs is 1. The Balaban J connectivity index is 1.55. The topological polar surface area (TPSA) is 68.8 Å². The average molecular weight is 413 g/mol. The van der Waals surface area contributed by atoms with Crippen LogP contribution in [0.3, 0.4) is 0 Å². The van der Waals surface area contributed by atoms with Gasteiger partial charge in [0, 0.05) is 12.1 Å². The summed E-state index contributed by atoms with van der Waals surface area (Å²) in [6.45, 7) is 2.50. The highest BCUT2D eigenvalue weighted by Crippen LogP contribution is 2.39. The Morgan fingerprint density at radius 1 is 0.967 bits per heavy atom.